The number of anilines is 2. The molecule has 3 aromatic carbocycles. The minimum atomic E-state index is -4.44. The van der Waals surface area contributed by atoms with Crippen LogP contribution in [0.15, 0.2) is 66.7 Å². The zero-order valence-electron chi connectivity index (χ0n) is 12.4. The van der Waals surface area contributed by atoms with Crippen LogP contribution in [-0.4, -0.2) is 5.11 Å². The summed E-state index contributed by atoms with van der Waals surface area (Å²) in [5.74, 6) is 0. The fourth-order valence-corrected chi connectivity index (χ4v) is 2.62. The Hall–Kier alpha value is -2.60. The van der Waals surface area contributed by atoms with E-state index >= 15 is 0 Å². The molecule has 2 N–H and O–H groups in total. The molecule has 2 nitrogen and oxygen atoms in total. The number of fused-ring (bicyclic) bond motifs is 1. The van der Waals surface area contributed by atoms with Gasteiger partial charge in [0, 0.05) is 5.69 Å². The van der Waals surface area contributed by atoms with Crippen LogP contribution in [0.3, 0.4) is 0 Å². The van der Waals surface area contributed by atoms with E-state index in [-0.39, 0.29) is 10.8 Å². The van der Waals surface area contributed by atoms with Gasteiger partial charge in [0.15, 0.2) is 5.11 Å². The van der Waals surface area contributed by atoms with Crippen molar-refractivity contribution in [2.24, 2.45) is 0 Å². The molecule has 0 heterocycles. The Labute approximate surface area is 142 Å². The van der Waals surface area contributed by atoms with Crippen molar-refractivity contribution in [3.8, 4) is 0 Å². The van der Waals surface area contributed by atoms with Crippen molar-refractivity contribution in [1.29, 1.82) is 0 Å². The van der Waals surface area contributed by atoms with Gasteiger partial charge in [0.25, 0.3) is 0 Å². The minimum Gasteiger partial charge on any atom is -0.332 e. The monoisotopic (exact) mass is 346 g/mol. The average Bonchev–Trinajstić information content (AvgIpc) is 2.54. The van der Waals surface area contributed by atoms with Crippen molar-refractivity contribution in [2.75, 3.05) is 10.6 Å². The van der Waals surface area contributed by atoms with E-state index < -0.39 is 11.7 Å². The highest BCUT2D eigenvalue weighted by Crippen LogP contribution is 2.34. The van der Waals surface area contributed by atoms with Crippen LogP contribution in [0.1, 0.15) is 5.56 Å². The van der Waals surface area contributed by atoms with Crippen LogP contribution in [0.4, 0.5) is 24.5 Å². The molecule has 0 fully saturated rings. The first-order valence-electron chi connectivity index (χ1n) is 7.16. The minimum absolute atomic E-state index is 0.0803. The van der Waals surface area contributed by atoms with Crippen LogP contribution in [-0.2, 0) is 6.18 Å². The van der Waals surface area contributed by atoms with Gasteiger partial charge in [0.2, 0.25) is 0 Å². The topological polar surface area (TPSA) is 24.1 Å². The summed E-state index contributed by atoms with van der Waals surface area (Å²) in [4.78, 5) is 0. The van der Waals surface area contributed by atoms with Gasteiger partial charge in [-0.3, -0.25) is 0 Å². The molecule has 0 bridgehead atoms. The highest BCUT2D eigenvalue weighted by atomic mass is 32.1. The Morgan fingerprint density at radius 3 is 2.21 bits per heavy atom. The van der Waals surface area contributed by atoms with Crippen molar-refractivity contribution in [2.45, 2.75) is 6.18 Å². The molecule has 0 saturated heterocycles. The van der Waals surface area contributed by atoms with Crippen LogP contribution < -0.4 is 10.6 Å². The van der Waals surface area contributed by atoms with Crippen LogP contribution in [0.5, 0.6) is 0 Å². The van der Waals surface area contributed by atoms with E-state index in [0.29, 0.717) is 5.69 Å². The van der Waals surface area contributed by atoms with Crippen molar-refractivity contribution in [3.63, 3.8) is 0 Å². The maximum atomic E-state index is 13.0. The quantitative estimate of drug-likeness (QED) is 0.585. The smallest absolute Gasteiger partial charge is 0.332 e. The van der Waals surface area contributed by atoms with Gasteiger partial charge >= 0.3 is 6.18 Å². The van der Waals surface area contributed by atoms with Crippen molar-refractivity contribution >= 4 is 39.5 Å². The van der Waals surface area contributed by atoms with E-state index in [2.05, 4.69) is 10.6 Å². The number of rotatable bonds is 2. The van der Waals surface area contributed by atoms with Crippen molar-refractivity contribution in [1.82, 2.24) is 0 Å². The number of hydrogen-bond acceptors (Lipinski definition) is 1. The first kappa shape index (κ1) is 16.3. The second-order valence-corrected chi connectivity index (χ2v) is 5.59. The largest absolute Gasteiger partial charge is 0.418 e. The molecule has 24 heavy (non-hydrogen) atoms. The zero-order valence-corrected chi connectivity index (χ0v) is 13.2. The second kappa shape index (κ2) is 6.49. The summed E-state index contributed by atoms with van der Waals surface area (Å²) in [6.07, 6.45) is -4.44. The first-order chi connectivity index (χ1) is 11.4. The summed E-state index contributed by atoms with van der Waals surface area (Å²) >= 11 is 5.13. The highest BCUT2D eigenvalue weighted by Gasteiger charge is 2.33. The SMILES string of the molecule is FC(F)(F)c1ccccc1NC(=S)Nc1ccc2ccccc2c1. The van der Waals surface area contributed by atoms with Gasteiger partial charge in [-0.1, -0.05) is 42.5 Å². The standard InChI is InChI=1S/C18H13F3N2S/c19-18(20,21)15-7-3-4-8-16(15)23-17(24)22-14-10-9-12-5-1-2-6-13(12)11-14/h1-11H,(H2,22,23,24). The van der Waals surface area contributed by atoms with Crippen LogP contribution >= 0.6 is 12.2 Å². The van der Waals surface area contributed by atoms with E-state index in [1.54, 1.807) is 0 Å². The molecular formula is C18H13F3N2S. The molecule has 0 aliphatic heterocycles. The summed E-state index contributed by atoms with van der Waals surface area (Å²) in [6, 6.07) is 18.7. The first-order valence-corrected chi connectivity index (χ1v) is 7.57. The predicted molar refractivity (Wildman–Crippen MR) is 95.2 cm³/mol. The molecule has 6 heteroatoms. The number of alkyl halides is 3. The number of halogens is 3. The molecule has 0 amide bonds. The normalized spacial score (nSPS) is 11.3. The van der Waals surface area contributed by atoms with Gasteiger partial charge in [-0.25, -0.2) is 0 Å². The summed E-state index contributed by atoms with van der Waals surface area (Å²) < 4.78 is 39.0. The number of hydrogen-bond donors (Lipinski definition) is 2. The van der Waals surface area contributed by atoms with E-state index in [1.165, 1.54) is 18.2 Å². The zero-order chi connectivity index (χ0) is 17.2. The van der Waals surface area contributed by atoms with Gasteiger partial charge in [-0.15, -0.1) is 0 Å². The number of para-hydroxylation sites is 1. The Morgan fingerprint density at radius 1 is 0.792 bits per heavy atom. The Balaban J connectivity index is 1.78. The van der Waals surface area contributed by atoms with Crippen molar-refractivity contribution < 1.29 is 13.2 Å². The number of thiocarbonyl (C=S) groups is 1. The summed E-state index contributed by atoms with van der Waals surface area (Å²) in [5.41, 5.74) is -0.133. The Morgan fingerprint density at radius 2 is 1.46 bits per heavy atom. The lowest BCUT2D eigenvalue weighted by molar-refractivity contribution is -0.136. The average molecular weight is 346 g/mol. The number of nitrogens with one attached hydrogen (secondary N) is 2. The van der Waals surface area contributed by atoms with E-state index in [0.717, 1.165) is 16.8 Å². The lowest BCUT2D eigenvalue weighted by atomic mass is 10.1. The summed E-state index contributed by atoms with van der Waals surface area (Å²) in [6.45, 7) is 0. The van der Waals surface area contributed by atoms with Gasteiger partial charge in [-0.2, -0.15) is 13.2 Å². The van der Waals surface area contributed by atoms with Crippen LogP contribution in [0.2, 0.25) is 0 Å². The Kier molecular flexibility index (Phi) is 4.40. The van der Waals surface area contributed by atoms with Crippen molar-refractivity contribution in [3.05, 3.63) is 72.3 Å². The summed E-state index contributed by atoms with van der Waals surface area (Å²) in [5, 5.41) is 7.72. The molecule has 0 atom stereocenters. The highest BCUT2D eigenvalue weighted by molar-refractivity contribution is 7.80. The van der Waals surface area contributed by atoms with Gasteiger partial charge in [0.05, 0.1) is 11.3 Å². The molecule has 122 valence electrons. The number of benzene rings is 3. The molecule has 0 aromatic heterocycles. The third kappa shape index (κ3) is 3.65. The lowest BCUT2D eigenvalue weighted by Gasteiger charge is -2.16. The van der Waals surface area contributed by atoms with Crippen LogP contribution in [0.25, 0.3) is 10.8 Å². The molecular weight excluding hydrogens is 333 g/mol. The molecule has 0 spiro atoms. The van der Waals surface area contributed by atoms with E-state index in [4.69, 9.17) is 12.2 Å². The molecule has 3 rings (SSSR count). The summed E-state index contributed by atoms with van der Waals surface area (Å²) in [7, 11) is 0. The molecule has 0 radical (unpaired) electrons. The molecule has 3 aromatic rings. The lowest BCUT2D eigenvalue weighted by Crippen LogP contribution is -2.21. The third-order valence-corrected chi connectivity index (χ3v) is 3.69. The fourth-order valence-electron chi connectivity index (χ4n) is 2.39. The molecule has 0 aliphatic rings. The van der Waals surface area contributed by atoms with Crippen LogP contribution in [0, 0.1) is 0 Å². The van der Waals surface area contributed by atoms with Gasteiger partial charge in [0.1, 0.15) is 0 Å². The molecule has 0 saturated carbocycles. The maximum absolute atomic E-state index is 13.0. The second-order valence-electron chi connectivity index (χ2n) is 5.18. The van der Waals surface area contributed by atoms with E-state index in [9.17, 15) is 13.2 Å². The van der Waals surface area contributed by atoms with E-state index in [1.807, 2.05) is 42.5 Å². The third-order valence-electron chi connectivity index (χ3n) is 3.49. The fraction of sp³-hybridized carbons (Fsp3) is 0.0556. The molecule has 0 aliphatic carbocycles. The molecule has 0 unspecified atom stereocenters. The van der Waals surface area contributed by atoms with Gasteiger partial charge in [-0.05, 0) is 47.3 Å². The van der Waals surface area contributed by atoms with Gasteiger partial charge < -0.3 is 10.6 Å². The Bertz CT molecular complexity index is 891. The predicted octanol–water partition coefficient (Wildman–Crippen LogP) is 5.67. The maximum Gasteiger partial charge on any atom is 0.418 e.